The van der Waals surface area contributed by atoms with Crippen LogP contribution in [-0.4, -0.2) is 55.6 Å². The summed E-state index contributed by atoms with van der Waals surface area (Å²) in [6.45, 7) is -0.189. The first-order valence-electron chi connectivity index (χ1n) is 6.16. The van der Waals surface area contributed by atoms with Crippen molar-refractivity contribution in [2.75, 3.05) is 19.0 Å². The molecule has 1 saturated heterocycles. The van der Waals surface area contributed by atoms with E-state index in [0.29, 0.717) is 11.9 Å². The third kappa shape index (κ3) is 1.99. The SMILES string of the molecule is CNc1nc(F)nc2c1ncn2C1OC(CO)CC1O. The standard InChI is InChI=1S/C11H14FN5O3/c1-13-8-7-9(16-11(12)15-8)17(4-14-7)10-6(19)2-5(3-18)20-10/h4-6,10,18-19H,2-3H2,1H3,(H,13,15,16). The third-order valence-corrected chi connectivity index (χ3v) is 3.27. The number of fused-ring (bicyclic) bond motifs is 1. The van der Waals surface area contributed by atoms with Crippen LogP contribution in [0, 0.1) is 6.08 Å². The molecule has 2 aromatic heterocycles. The van der Waals surface area contributed by atoms with Crippen molar-refractivity contribution in [2.24, 2.45) is 0 Å². The molecule has 1 fully saturated rings. The van der Waals surface area contributed by atoms with Gasteiger partial charge in [-0.2, -0.15) is 14.4 Å². The van der Waals surface area contributed by atoms with Crippen molar-refractivity contribution < 1.29 is 19.3 Å². The smallest absolute Gasteiger partial charge is 0.312 e. The molecule has 8 nitrogen and oxygen atoms in total. The van der Waals surface area contributed by atoms with Crippen molar-refractivity contribution in [3.05, 3.63) is 12.4 Å². The van der Waals surface area contributed by atoms with Crippen LogP contribution in [0.3, 0.4) is 0 Å². The highest BCUT2D eigenvalue weighted by molar-refractivity contribution is 5.82. The Morgan fingerprint density at radius 1 is 1.55 bits per heavy atom. The Hall–Kier alpha value is -1.84. The second-order valence-electron chi connectivity index (χ2n) is 4.55. The van der Waals surface area contributed by atoms with Crippen LogP contribution in [0.4, 0.5) is 10.2 Å². The third-order valence-electron chi connectivity index (χ3n) is 3.27. The second kappa shape index (κ2) is 4.93. The van der Waals surface area contributed by atoms with Gasteiger partial charge in [0.1, 0.15) is 6.10 Å². The monoisotopic (exact) mass is 283 g/mol. The van der Waals surface area contributed by atoms with E-state index >= 15 is 0 Å². The largest absolute Gasteiger partial charge is 0.394 e. The highest BCUT2D eigenvalue weighted by Gasteiger charge is 2.36. The normalized spacial score (nSPS) is 26.3. The molecule has 1 aliphatic heterocycles. The lowest BCUT2D eigenvalue weighted by molar-refractivity contribution is -0.0487. The summed E-state index contributed by atoms with van der Waals surface area (Å²) >= 11 is 0. The second-order valence-corrected chi connectivity index (χ2v) is 4.55. The topological polar surface area (TPSA) is 105 Å². The molecule has 3 heterocycles. The van der Waals surface area contributed by atoms with E-state index in [1.165, 1.54) is 10.9 Å². The molecule has 3 N–H and O–H groups in total. The fraction of sp³-hybridized carbons (Fsp3) is 0.545. The quantitative estimate of drug-likeness (QED) is 0.661. The van der Waals surface area contributed by atoms with Gasteiger partial charge in [-0.05, 0) is 0 Å². The van der Waals surface area contributed by atoms with E-state index in [1.807, 2.05) is 0 Å². The molecule has 108 valence electrons. The van der Waals surface area contributed by atoms with E-state index in [1.54, 1.807) is 7.05 Å². The summed E-state index contributed by atoms with van der Waals surface area (Å²) in [4.78, 5) is 11.4. The molecule has 0 amide bonds. The maximum atomic E-state index is 13.4. The molecular formula is C11H14FN5O3. The molecule has 0 aliphatic carbocycles. The fourth-order valence-electron chi connectivity index (χ4n) is 2.35. The molecule has 0 bridgehead atoms. The molecule has 3 rings (SSSR count). The minimum atomic E-state index is -0.894. The van der Waals surface area contributed by atoms with E-state index in [-0.39, 0.29) is 18.1 Å². The van der Waals surface area contributed by atoms with Gasteiger partial charge in [-0.1, -0.05) is 0 Å². The summed E-state index contributed by atoms with van der Waals surface area (Å²) in [5.74, 6) is 0.262. The Bertz CT molecular complexity index is 634. The van der Waals surface area contributed by atoms with Crippen molar-refractivity contribution in [2.45, 2.75) is 24.9 Å². The number of rotatable bonds is 3. The van der Waals surface area contributed by atoms with E-state index in [4.69, 9.17) is 9.84 Å². The number of hydrogen-bond donors (Lipinski definition) is 3. The van der Waals surface area contributed by atoms with Crippen LogP contribution in [0.1, 0.15) is 12.6 Å². The number of ether oxygens (including phenoxy) is 1. The van der Waals surface area contributed by atoms with Crippen molar-refractivity contribution in [1.82, 2.24) is 19.5 Å². The Labute approximate surface area is 113 Å². The summed E-state index contributed by atoms with van der Waals surface area (Å²) in [5.41, 5.74) is 0.613. The van der Waals surface area contributed by atoms with Crippen molar-refractivity contribution >= 4 is 17.0 Å². The minimum Gasteiger partial charge on any atom is -0.394 e. The summed E-state index contributed by atoms with van der Waals surface area (Å²) in [7, 11) is 1.60. The van der Waals surface area contributed by atoms with Gasteiger partial charge in [0.25, 0.3) is 0 Å². The maximum Gasteiger partial charge on any atom is 0.312 e. The highest BCUT2D eigenvalue weighted by atomic mass is 19.1. The van der Waals surface area contributed by atoms with Crippen molar-refractivity contribution in [3.63, 3.8) is 0 Å². The van der Waals surface area contributed by atoms with Crippen LogP contribution in [0.25, 0.3) is 11.2 Å². The molecule has 9 heteroatoms. The van der Waals surface area contributed by atoms with Gasteiger partial charge in [0.15, 0.2) is 23.2 Å². The van der Waals surface area contributed by atoms with Gasteiger partial charge in [0, 0.05) is 13.5 Å². The van der Waals surface area contributed by atoms with Gasteiger partial charge in [-0.25, -0.2) is 4.98 Å². The molecule has 0 aromatic carbocycles. The van der Waals surface area contributed by atoms with Gasteiger partial charge in [0.05, 0.1) is 19.0 Å². The van der Waals surface area contributed by atoms with Gasteiger partial charge in [-0.3, -0.25) is 4.57 Å². The maximum absolute atomic E-state index is 13.4. The number of nitrogens with zero attached hydrogens (tertiary/aromatic N) is 4. The molecule has 0 spiro atoms. The lowest BCUT2D eigenvalue weighted by Crippen LogP contribution is -2.19. The van der Waals surface area contributed by atoms with Gasteiger partial charge < -0.3 is 20.3 Å². The number of nitrogens with one attached hydrogen (secondary N) is 1. The van der Waals surface area contributed by atoms with Crippen molar-refractivity contribution in [1.29, 1.82) is 0 Å². The number of aliphatic hydroxyl groups excluding tert-OH is 2. The Morgan fingerprint density at radius 2 is 2.35 bits per heavy atom. The van der Waals surface area contributed by atoms with E-state index in [2.05, 4.69) is 20.3 Å². The number of hydrogen-bond acceptors (Lipinski definition) is 7. The van der Waals surface area contributed by atoms with Gasteiger partial charge in [-0.15, -0.1) is 0 Å². The van der Waals surface area contributed by atoms with E-state index in [0.717, 1.165) is 0 Å². The molecule has 20 heavy (non-hydrogen) atoms. The Morgan fingerprint density at radius 3 is 3.00 bits per heavy atom. The Kier molecular flexibility index (Phi) is 3.24. The summed E-state index contributed by atoms with van der Waals surface area (Å²) in [6, 6.07) is 0. The minimum absolute atomic E-state index is 0.189. The zero-order chi connectivity index (χ0) is 14.3. The number of halogens is 1. The summed E-state index contributed by atoms with van der Waals surface area (Å²) < 4.78 is 20.4. The van der Waals surface area contributed by atoms with Crippen LogP contribution in [-0.2, 0) is 4.74 Å². The van der Waals surface area contributed by atoms with Crippen LogP contribution in [0.15, 0.2) is 6.33 Å². The lowest BCUT2D eigenvalue weighted by Gasteiger charge is -2.16. The predicted octanol–water partition coefficient (Wildman–Crippen LogP) is -0.352. The summed E-state index contributed by atoms with van der Waals surface area (Å²) in [5, 5.41) is 21.8. The van der Waals surface area contributed by atoms with Crippen LogP contribution >= 0.6 is 0 Å². The Balaban J connectivity index is 2.07. The first-order chi connectivity index (χ1) is 9.63. The molecular weight excluding hydrogens is 269 g/mol. The number of aromatic nitrogens is 4. The van der Waals surface area contributed by atoms with Crippen LogP contribution < -0.4 is 5.32 Å². The van der Waals surface area contributed by atoms with E-state index in [9.17, 15) is 9.50 Å². The van der Waals surface area contributed by atoms with Crippen LogP contribution in [0.5, 0.6) is 0 Å². The number of aliphatic hydroxyl groups is 2. The van der Waals surface area contributed by atoms with Gasteiger partial charge >= 0.3 is 6.08 Å². The first kappa shape index (κ1) is 13.2. The molecule has 0 saturated carbocycles. The predicted molar refractivity (Wildman–Crippen MR) is 66.4 cm³/mol. The zero-order valence-corrected chi connectivity index (χ0v) is 10.7. The number of anilines is 1. The molecule has 2 aromatic rings. The average molecular weight is 283 g/mol. The fourth-order valence-corrected chi connectivity index (χ4v) is 2.35. The molecule has 1 aliphatic rings. The zero-order valence-electron chi connectivity index (χ0n) is 10.7. The summed E-state index contributed by atoms with van der Waals surface area (Å²) in [6.07, 6.45) is -1.21. The van der Waals surface area contributed by atoms with Gasteiger partial charge in [0.2, 0.25) is 0 Å². The van der Waals surface area contributed by atoms with Crippen LogP contribution in [0.2, 0.25) is 0 Å². The average Bonchev–Trinajstić information content (AvgIpc) is 3.00. The molecule has 3 atom stereocenters. The molecule has 0 radical (unpaired) electrons. The van der Waals surface area contributed by atoms with E-state index < -0.39 is 24.5 Å². The molecule has 3 unspecified atom stereocenters. The number of imidazole rings is 1. The van der Waals surface area contributed by atoms with Crippen molar-refractivity contribution in [3.8, 4) is 0 Å². The highest BCUT2D eigenvalue weighted by Crippen LogP contribution is 2.31. The first-order valence-corrected chi connectivity index (χ1v) is 6.16. The lowest BCUT2D eigenvalue weighted by atomic mass is 10.2.